The van der Waals surface area contributed by atoms with Gasteiger partial charge in [-0.25, -0.2) is 4.98 Å². The molecular weight excluding hydrogens is 294 g/mol. The molecule has 118 valence electrons. The van der Waals surface area contributed by atoms with Gasteiger partial charge in [0.2, 0.25) is 0 Å². The zero-order valence-corrected chi connectivity index (χ0v) is 14.4. The minimum atomic E-state index is 0.00890. The van der Waals surface area contributed by atoms with Crippen LogP contribution in [0, 0.1) is 13.8 Å². The predicted molar refractivity (Wildman–Crippen MR) is 98.6 cm³/mol. The second-order valence-corrected chi connectivity index (χ2v) is 7.39. The van der Waals surface area contributed by atoms with Crippen molar-refractivity contribution in [2.24, 2.45) is 0 Å². The van der Waals surface area contributed by atoms with E-state index in [1.54, 1.807) is 0 Å². The zero-order valence-electron chi connectivity index (χ0n) is 14.4. The van der Waals surface area contributed by atoms with E-state index in [1.165, 1.54) is 38.6 Å². The summed E-state index contributed by atoms with van der Waals surface area (Å²) in [5, 5.41) is 2.46. The summed E-state index contributed by atoms with van der Waals surface area (Å²) in [5.74, 6) is 0.722. The van der Waals surface area contributed by atoms with Gasteiger partial charge in [0.05, 0.1) is 0 Å². The molecule has 1 aliphatic carbocycles. The Hall–Kier alpha value is -2.61. The Balaban J connectivity index is 1.97. The standard InChI is InChI=1S/C22H19NO/c1-12-9-20-21(23-13(2)24-20)17-11-19-16(10-15(12)17)14-7-5-6-8-18(14)22(19,3)4/h5-11H,1-4H3. The fraction of sp³-hybridized carbons (Fsp3) is 0.227. The van der Waals surface area contributed by atoms with E-state index in [0.717, 1.165) is 17.0 Å². The van der Waals surface area contributed by atoms with Gasteiger partial charge in [-0.15, -0.1) is 0 Å². The van der Waals surface area contributed by atoms with Crippen LogP contribution in [0.1, 0.15) is 36.4 Å². The molecule has 0 saturated carbocycles. The topological polar surface area (TPSA) is 26.0 Å². The van der Waals surface area contributed by atoms with Crippen LogP contribution in [0.2, 0.25) is 0 Å². The third-order valence-electron chi connectivity index (χ3n) is 5.51. The summed E-state index contributed by atoms with van der Waals surface area (Å²) < 4.78 is 5.78. The second kappa shape index (κ2) is 4.27. The average molecular weight is 313 g/mol. The number of fused-ring (bicyclic) bond motifs is 6. The molecular formula is C22H19NO. The van der Waals surface area contributed by atoms with Gasteiger partial charge in [-0.3, -0.25) is 0 Å². The van der Waals surface area contributed by atoms with Gasteiger partial charge >= 0.3 is 0 Å². The molecule has 2 nitrogen and oxygen atoms in total. The highest BCUT2D eigenvalue weighted by atomic mass is 16.3. The second-order valence-electron chi connectivity index (χ2n) is 7.39. The lowest BCUT2D eigenvalue weighted by Crippen LogP contribution is -2.14. The van der Waals surface area contributed by atoms with Gasteiger partial charge < -0.3 is 4.42 Å². The molecule has 0 bridgehead atoms. The molecule has 0 amide bonds. The largest absolute Gasteiger partial charge is 0.441 e. The first-order valence-electron chi connectivity index (χ1n) is 8.41. The van der Waals surface area contributed by atoms with Crippen LogP contribution in [-0.4, -0.2) is 4.98 Å². The van der Waals surface area contributed by atoms with Crippen molar-refractivity contribution in [3.63, 3.8) is 0 Å². The first-order valence-corrected chi connectivity index (χ1v) is 8.41. The summed E-state index contributed by atoms with van der Waals surface area (Å²) >= 11 is 0. The van der Waals surface area contributed by atoms with Crippen LogP contribution >= 0.6 is 0 Å². The number of oxazole rings is 1. The molecule has 5 rings (SSSR count). The molecule has 24 heavy (non-hydrogen) atoms. The van der Waals surface area contributed by atoms with Crippen LogP contribution < -0.4 is 0 Å². The van der Waals surface area contributed by atoms with E-state index in [-0.39, 0.29) is 5.41 Å². The quantitative estimate of drug-likeness (QED) is 0.403. The minimum absolute atomic E-state index is 0.00890. The molecule has 0 fully saturated rings. The van der Waals surface area contributed by atoms with Crippen LogP contribution in [0.5, 0.6) is 0 Å². The predicted octanol–water partition coefficient (Wildman–Crippen LogP) is 5.90. The van der Waals surface area contributed by atoms with Crippen LogP contribution in [0.3, 0.4) is 0 Å². The summed E-state index contributed by atoms with van der Waals surface area (Å²) in [7, 11) is 0. The van der Waals surface area contributed by atoms with Crippen LogP contribution in [0.15, 0.2) is 46.9 Å². The third kappa shape index (κ3) is 1.58. The van der Waals surface area contributed by atoms with E-state index in [4.69, 9.17) is 4.42 Å². The fourth-order valence-corrected chi connectivity index (χ4v) is 4.28. The van der Waals surface area contributed by atoms with E-state index in [1.807, 2.05) is 6.92 Å². The Morgan fingerprint density at radius 1 is 0.875 bits per heavy atom. The lowest BCUT2D eigenvalue weighted by Gasteiger charge is -2.21. The van der Waals surface area contributed by atoms with E-state index in [0.29, 0.717) is 0 Å². The Labute approximate surface area is 141 Å². The molecule has 0 unspecified atom stereocenters. The van der Waals surface area contributed by atoms with Crippen molar-refractivity contribution in [2.45, 2.75) is 33.1 Å². The number of nitrogens with zero attached hydrogens (tertiary/aromatic N) is 1. The van der Waals surface area contributed by atoms with Gasteiger partial charge in [-0.2, -0.15) is 0 Å². The molecule has 0 radical (unpaired) electrons. The van der Waals surface area contributed by atoms with E-state index < -0.39 is 0 Å². The Kier molecular flexibility index (Phi) is 2.45. The van der Waals surface area contributed by atoms with E-state index >= 15 is 0 Å². The molecule has 0 aliphatic heterocycles. The highest BCUT2D eigenvalue weighted by Crippen LogP contribution is 2.50. The van der Waals surface area contributed by atoms with Gasteiger partial charge in [0.15, 0.2) is 11.5 Å². The van der Waals surface area contributed by atoms with Crippen molar-refractivity contribution < 1.29 is 4.42 Å². The summed E-state index contributed by atoms with van der Waals surface area (Å²) in [6.45, 7) is 8.68. The maximum atomic E-state index is 5.78. The van der Waals surface area contributed by atoms with Crippen LogP contribution in [0.4, 0.5) is 0 Å². The molecule has 1 aliphatic rings. The van der Waals surface area contributed by atoms with E-state index in [2.05, 4.69) is 68.2 Å². The third-order valence-corrected chi connectivity index (χ3v) is 5.51. The first kappa shape index (κ1) is 13.8. The van der Waals surface area contributed by atoms with Gasteiger partial charge in [0.1, 0.15) is 5.52 Å². The van der Waals surface area contributed by atoms with Gasteiger partial charge in [-0.05, 0) is 58.3 Å². The molecule has 0 saturated heterocycles. The normalized spacial score (nSPS) is 15.0. The lowest BCUT2D eigenvalue weighted by atomic mass is 9.81. The summed E-state index contributed by atoms with van der Waals surface area (Å²) in [5.41, 5.74) is 8.59. The number of rotatable bonds is 0. The number of aromatic nitrogens is 1. The molecule has 1 heterocycles. The zero-order chi connectivity index (χ0) is 16.6. The molecule has 4 aromatic rings. The highest BCUT2D eigenvalue weighted by molar-refractivity contribution is 6.08. The average Bonchev–Trinajstić information content (AvgIpc) is 3.03. The Bertz CT molecular complexity index is 1150. The Morgan fingerprint density at radius 3 is 2.50 bits per heavy atom. The van der Waals surface area contributed by atoms with Crippen molar-refractivity contribution in [3.05, 3.63) is 65.0 Å². The molecule has 1 aromatic heterocycles. The molecule has 3 aromatic carbocycles. The maximum Gasteiger partial charge on any atom is 0.192 e. The van der Waals surface area contributed by atoms with Gasteiger partial charge in [-0.1, -0.05) is 38.1 Å². The van der Waals surface area contributed by atoms with Crippen LogP contribution in [0.25, 0.3) is 33.0 Å². The van der Waals surface area contributed by atoms with Crippen LogP contribution in [-0.2, 0) is 5.41 Å². The highest BCUT2D eigenvalue weighted by Gasteiger charge is 2.35. The minimum Gasteiger partial charge on any atom is -0.441 e. The SMILES string of the molecule is Cc1nc2c(cc(C)c3cc4c(cc32)C(C)(C)c2ccccc2-4)o1. The smallest absolute Gasteiger partial charge is 0.192 e. The summed E-state index contributed by atoms with van der Waals surface area (Å²) in [6.07, 6.45) is 0. The van der Waals surface area contributed by atoms with Crippen molar-refractivity contribution in [1.82, 2.24) is 4.98 Å². The molecule has 0 N–H and O–H groups in total. The van der Waals surface area contributed by atoms with Crippen molar-refractivity contribution >= 4 is 21.9 Å². The molecule has 0 spiro atoms. The summed E-state index contributed by atoms with van der Waals surface area (Å²) in [4.78, 5) is 4.64. The van der Waals surface area contributed by atoms with E-state index in [9.17, 15) is 0 Å². The van der Waals surface area contributed by atoms with Gasteiger partial charge in [0, 0.05) is 17.7 Å². The molecule has 0 atom stereocenters. The first-order chi connectivity index (χ1) is 11.5. The summed E-state index contributed by atoms with van der Waals surface area (Å²) in [6, 6.07) is 15.5. The Morgan fingerprint density at radius 2 is 1.67 bits per heavy atom. The fourth-order valence-electron chi connectivity index (χ4n) is 4.28. The van der Waals surface area contributed by atoms with Crippen molar-refractivity contribution in [3.8, 4) is 11.1 Å². The van der Waals surface area contributed by atoms with Gasteiger partial charge in [0.25, 0.3) is 0 Å². The monoisotopic (exact) mass is 313 g/mol. The maximum absolute atomic E-state index is 5.78. The van der Waals surface area contributed by atoms with Crippen molar-refractivity contribution in [2.75, 3.05) is 0 Å². The lowest BCUT2D eigenvalue weighted by molar-refractivity contribution is 0.561. The number of aryl methyl sites for hydroxylation is 2. The number of hydrogen-bond acceptors (Lipinski definition) is 2. The van der Waals surface area contributed by atoms with Crippen molar-refractivity contribution in [1.29, 1.82) is 0 Å². The molecule has 2 heteroatoms. The number of benzene rings is 3. The number of hydrogen-bond donors (Lipinski definition) is 0.